The molecule has 1 saturated heterocycles. The van der Waals surface area contributed by atoms with Crippen molar-refractivity contribution in [2.45, 2.75) is 65.7 Å². The number of likely N-dealkylation sites (tertiary alicyclic amines) is 1. The van der Waals surface area contributed by atoms with E-state index >= 15 is 0 Å². The number of nitrogens with zero attached hydrogens (tertiary/aromatic N) is 1. The van der Waals surface area contributed by atoms with E-state index in [0.29, 0.717) is 12.0 Å². The van der Waals surface area contributed by atoms with Crippen molar-refractivity contribution in [2.24, 2.45) is 16.7 Å². The van der Waals surface area contributed by atoms with Crippen LogP contribution in [0.25, 0.3) is 0 Å². The van der Waals surface area contributed by atoms with Gasteiger partial charge in [0.2, 0.25) is 0 Å². The van der Waals surface area contributed by atoms with E-state index in [-0.39, 0.29) is 5.41 Å². The fourth-order valence-electron chi connectivity index (χ4n) is 4.15. The molecule has 0 aromatic carbocycles. The second-order valence-corrected chi connectivity index (χ2v) is 8.14. The van der Waals surface area contributed by atoms with Crippen LogP contribution in [0.5, 0.6) is 0 Å². The van der Waals surface area contributed by atoms with Crippen molar-refractivity contribution in [2.75, 3.05) is 26.2 Å². The molecule has 2 heteroatoms. The first-order valence-corrected chi connectivity index (χ1v) is 8.28. The zero-order valence-electron chi connectivity index (χ0n) is 13.2. The van der Waals surface area contributed by atoms with Crippen LogP contribution in [0.15, 0.2) is 0 Å². The van der Waals surface area contributed by atoms with E-state index in [4.69, 9.17) is 0 Å². The number of rotatable bonds is 3. The second-order valence-electron chi connectivity index (χ2n) is 8.14. The average Bonchev–Trinajstić information content (AvgIpc) is 2.67. The van der Waals surface area contributed by atoms with E-state index in [1.54, 1.807) is 0 Å². The predicted octanol–water partition coefficient (Wildman–Crippen LogP) is 3.69. The summed E-state index contributed by atoms with van der Waals surface area (Å²) in [4.78, 5) is 2.65. The Kier molecular flexibility index (Phi) is 4.94. The third-order valence-corrected chi connectivity index (χ3v) is 5.60. The van der Waals surface area contributed by atoms with E-state index in [1.165, 1.54) is 58.0 Å². The Labute approximate surface area is 119 Å². The minimum absolute atomic E-state index is 0.238. The van der Waals surface area contributed by atoms with Crippen molar-refractivity contribution in [3.8, 4) is 0 Å². The van der Waals surface area contributed by atoms with Crippen molar-refractivity contribution in [3.05, 3.63) is 0 Å². The fraction of sp³-hybridized carbons (Fsp3) is 1.00. The highest BCUT2D eigenvalue weighted by atomic mass is 16.3. The highest BCUT2D eigenvalue weighted by Crippen LogP contribution is 2.40. The zero-order chi connectivity index (χ0) is 13.9. The molecule has 1 unspecified atom stereocenters. The highest BCUT2D eigenvalue weighted by Gasteiger charge is 2.36. The maximum absolute atomic E-state index is 9.77. The summed E-state index contributed by atoms with van der Waals surface area (Å²) in [6.07, 6.45) is 9.17. The Bertz CT molecular complexity index is 275. The largest absolute Gasteiger partial charge is 0.396 e. The molecule has 0 bridgehead atoms. The van der Waals surface area contributed by atoms with Gasteiger partial charge in [-0.15, -0.1) is 0 Å². The average molecular weight is 267 g/mol. The van der Waals surface area contributed by atoms with Gasteiger partial charge >= 0.3 is 0 Å². The van der Waals surface area contributed by atoms with Gasteiger partial charge in [-0.3, -0.25) is 0 Å². The summed E-state index contributed by atoms with van der Waals surface area (Å²) in [5, 5.41) is 9.77. The molecule has 19 heavy (non-hydrogen) atoms. The first kappa shape index (κ1) is 15.3. The van der Waals surface area contributed by atoms with Gasteiger partial charge in [0.25, 0.3) is 0 Å². The summed E-state index contributed by atoms with van der Waals surface area (Å²) in [5.74, 6) is 0.867. The van der Waals surface area contributed by atoms with Crippen LogP contribution < -0.4 is 0 Å². The lowest BCUT2D eigenvalue weighted by Crippen LogP contribution is -2.39. The van der Waals surface area contributed by atoms with Crippen LogP contribution in [0.4, 0.5) is 0 Å². The summed E-state index contributed by atoms with van der Waals surface area (Å²) in [6.45, 7) is 11.2. The molecule has 0 amide bonds. The number of aliphatic hydroxyl groups is 1. The molecule has 1 saturated carbocycles. The Balaban J connectivity index is 1.89. The molecule has 2 fully saturated rings. The molecule has 1 heterocycles. The maximum Gasteiger partial charge on any atom is 0.0499 e. The van der Waals surface area contributed by atoms with Gasteiger partial charge in [-0.1, -0.05) is 33.6 Å². The van der Waals surface area contributed by atoms with Crippen molar-refractivity contribution in [3.63, 3.8) is 0 Å². The molecule has 0 aromatic heterocycles. The van der Waals surface area contributed by atoms with E-state index < -0.39 is 0 Å². The topological polar surface area (TPSA) is 23.5 Å². The quantitative estimate of drug-likeness (QED) is 0.843. The molecule has 1 N–H and O–H groups in total. The normalized spacial score (nSPS) is 29.4. The lowest BCUT2D eigenvalue weighted by atomic mass is 9.77. The Hall–Kier alpha value is -0.0800. The minimum Gasteiger partial charge on any atom is -0.396 e. The van der Waals surface area contributed by atoms with Gasteiger partial charge in [-0.05, 0) is 56.5 Å². The van der Waals surface area contributed by atoms with Crippen LogP contribution in [0.1, 0.15) is 65.7 Å². The van der Waals surface area contributed by atoms with Crippen LogP contribution >= 0.6 is 0 Å². The van der Waals surface area contributed by atoms with E-state index in [2.05, 4.69) is 25.7 Å². The molecule has 0 radical (unpaired) electrons. The summed E-state index contributed by atoms with van der Waals surface area (Å²) < 4.78 is 0. The fourth-order valence-corrected chi connectivity index (χ4v) is 4.15. The lowest BCUT2D eigenvalue weighted by Gasteiger charge is -2.34. The highest BCUT2D eigenvalue weighted by molar-refractivity contribution is 4.88. The monoisotopic (exact) mass is 267 g/mol. The number of hydrogen-bond acceptors (Lipinski definition) is 2. The molecule has 2 aliphatic rings. The molecule has 2 rings (SSSR count). The third kappa shape index (κ3) is 3.95. The first-order chi connectivity index (χ1) is 8.95. The van der Waals surface area contributed by atoms with Gasteiger partial charge < -0.3 is 10.0 Å². The van der Waals surface area contributed by atoms with Crippen molar-refractivity contribution >= 4 is 0 Å². The molecule has 2 nitrogen and oxygen atoms in total. The number of aliphatic hydroxyl groups excluding tert-OH is 1. The molecular formula is C17H33NO. The maximum atomic E-state index is 9.77. The van der Waals surface area contributed by atoms with Gasteiger partial charge in [0.1, 0.15) is 0 Å². The SMILES string of the molecule is CC(C)(C)C1CCCN(CC2(CO)CCCC2)CC1. The summed E-state index contributed by atoms with van der Waals surface area (Å²) in [7, 11) is 0. The third-order valence-electron chi connectivity index (χ3n) is 5.60. The van der Waals surface area contributed by atoms with Gasteiger partial charge in [0.15, 0.2) is 0 Å². The standard InChI is InChI=1S/C17H33NO/c1-16(2,3)15-7-6-11-18(12-8-15)13-17(14-19)9-4-5-10-17/h15,19H,4-14H2,1-3H3. The molecule has 1 aliphatic carbocycles. The first-order valence-electron chi connectivity index (χ1n) is 8.28. The van der Waals surface area contributed by atoms with Crippen LogP contribution in [-0.2, 0) is 0 Å². The molecule has 1 atom stereocenters. The molecule has 1 aliphatic heterocycles. The molecule has 0 aromatic rings. The van der Waals surface area contributed by atoms with Gasteiger partial charge in [0, 0.05) is 18.6 Å². The molecular weight excluding hydrogens is 234 g/mol. The summed E-state index contributed by atoms with van der Waals surface area (Å²) >= 11 is 0. The van der Waals surface area contributed by atoms with Crippen LogP contribution in [0.3, 0.4) is 0 Å². The summed E-state index contributed by atoms with van der Waals surface area (Å²) in [6, 6.07) is 0. The smallest absolute Gasteiger partial charge is 0.0499 e. The van der Waals surface area contributed by atoms with Crippen molar-refractivity contribution < 1.29 is 5.11 Å². The van der Waals surface area contributed by atoms with Crippen LogP contribution in [0, 0.1) is 16.7 Å². The Morgan fingerprint density at radius 1 is 1.05 bits per heavy atom. The molecule has 112 valence electrons. The Morgan fingerprint density at radius 2 is 1.74 bits per heavy atom. The second kappa shape index (κ2) is 6.13. The zero-order valence-corrected chi connectivity index (χ0v) is 13.2. The van der Waals surface area contributed by atoms with Crippen molar-refractivity contribution in [1.82, 2.24) is 4.90 Å². The van der Waals surface area contributed by atoms with Crippen LogP contribution in [0.2, 0.25) is 0 Å². The molecule has 0 spiro atoms. The minimum atomic E-state index is 0.238. The van der Waals surface area contributed by atoms with E-state index in [0.717, 1.165) is 12.5 Å². The Morgan fingerprint density at radius 3 is 2.32 bits per heavy atom. The van der Waals surface area contributed by atoms with Gasteiger partial charge in [-0.25, -0.2) is 0 Å². The lowest BCUT2D eigenvalue weighted by molar-refractivity contribution is 0.0781. The van der Waals surface area contributed by atoms with E-state index in [1.807, 2.05) is 0 Å². The van der Waals surface area contributed by atoms with Gasteiger partial charge in [0.05, 0.1) is 0 Å². The summed E-state index contributed by atoms with van der Waals surface area (Å²) in [5.41, 5.74) is 0.694. The van der Waals surface area contributed by atoms with Gasteiger partial charge in [-0.2, -0.15) is 0 Å². The predicted molar refractivity (Wildman–Crippen MR) is 81.2 cm³/mol. The van der Waals surface area contributed by atoms with Crippen molar-refractivity contribution in [1.29, 1.82) is 0 Å². The van der Waals surface area contributed by atoms with E-state index in [9.17, 15) is 5.11 Å². The van der Waals surface area contributed by atoms with Crippen LogP contribution in [-0.4, -0.2) is 36.2 Å². The number of hydrogen-bond donors (Lipinski definition) is 1.